The molecule has 0 unspecified atom stereocenters. The van der Waals surface area contributed by atoms with E-state index in [-0.39, 0.29) is 0 Å². The molecule has 7 aromatic rings. The monoisotopic (exact) mass is 539 g/mol. The summed E-state index contributed by atoms with van der Waals surface area (Å²) in [5.74, 6) is 0.958. The Morgan fingerprint density at radius 1 is 0.571 bits per heavy atom. The summed E-state index contributed by atoms with van der Waals surface area (Å²) in [4.78, 5) is 17.9. The largest absolute Gasteiger partial charge is 0.308 e. The quantitative estimate of drug-likeness (QED) is 0.231. The van der Waals surface area contributed by atoms with Crippen molar-refractivity contribution in [3.63, 3.8) is 0 Å². The van der Waals surface area contributed by atoms with E-state index >= 15 is 0 Å². The van der Waals surface area contributed by atoms with Gasteiger partial charge in [0.1, 0.15) is 12.1 Å². The smallest absolute Gasteiger partial charge is 0.161 e. The van der Waals surface area contributed by atoms with E-state index < -0.39 is 0 Å². The Hall–Kier alpha value is -6.18. The van der Waals surface area contributed by atoms with E-state index in [1.54, 1.807) is 0 Å². The van der Waals surface area contributed by atoms with Gasteiger partial charge in [-0.05, 0) is 53.9 Å². The fourth-order valence-electron chi connectivity index (χ4n) is 5.40. The average molecular weight is 540 g/mol. The molecule has 0 atom stereocenters. The molecule has 7 rings (SSSR count). The van der Waals surface area contributed by atoms with Crippen LogP contribution in [0, 0.1) is 29.6 Å². The zero-order valence-electron chi connectivity index (χ0n) is 22.5. The topological polar surface area (TPSA) is 104 Å². The van der Waals surface area contributed by atoms with Gasteiger partial charge in [0.2, 0.25) is 0 Å². The molecule has 0 saturated carbocycles. The number of fused-ring (bicyclic) bond motifs is 3. The van der Waals surface area contributed by atoms with Crippen LogP contribution in [-0.4, -0.2) is 24.5 Å². The van der Waals surface area contributed by atoms with Gasteiger partial charge in [0.05, 0.1) is 27.8 Å². The van der Waals surface area contributed by atoms with Crippen LogP contribution in [0.1, 0.15) is 16.7 Å². The van der Waals surface area contributed by atoms with Crippen molar-refractivity contribution < 1.29 is 0 Å². The van der Waals surface area contributed by atoms with Crippen LogP contribution in [0.15, 0.2) is 110 Å². The summed E-state index contributed by atoms with van der Waals surface area (Å²) < 4.78 is 2.24. The second kappa shape index (κ2) is 10.1. The minimum absolute atomic E-state index is 0.381. The predicted octanol–water partition coefficient (Wildman–Crippen LogP) is 7.42. The van der Waals surface area contributed by atoms with Gasteiger partial charge in [-0.3, -0.25) is 0 Å². The molecule has 0 radical (unpaired) electrons. The summed E-state index contributed by atoms with van der Waals surface area (Å²) in [6.45, 7) is 2.12. The van der Waals surface area contributed by atoms with Gasteiger partial charge in [-0.15, -0.1) is 0 Å². The number of para-hydroxylation sites is 1. The second-order valence-electron chi connectivity index (χ2n) is 9.95. The molecule has 0 spiro atoms. The number of nitrogens with zero attached hydrogens (tertiary/aromatic N) is 7. The normalized spacial score (nSPS) is 10.9. The zero-order valence-corrected chi connectivity index (χ0v) is 22.5. The lowest BCUT2D eigenvalue weighted by molar-refractivity contribution is 1.12. The summed E-state index contributed by atoms with van der Waals surface area (Å²) in [6, 6.07) is 33.4. The van der Waals surface area contributed by atoms with Crippen LogP contribution in [0.4, 0.5) is 0 Å². The van der Waals surface area contributed by atoms with Gasteiger partial charge in [0, 0.05) is 46.7 Å². The van der Waals surface area contributed by atoms with Crippen molar-refractivity contribution in [3.8, 4) is 51.7 Å². The molecule has 4 aromatic carbocycles. The van der Waals surface area contributed by atoms with Crippen molar-refractivity contribution >= 4 is 21.8 Å². The highest BCUT2D eigenvalue weighted by molar-refractivity contribution is 6.10. The molecule has 3 aromatic heterocycles. The lowest BCUT2D eigenvalue weighted by atomic mass is 9.99. The molecule has 0 aliphatic heterocycles. The van der Waals surface area contributed by atoms with Crippen LogP contribution in [0.2, 0.25) is 0 Å². The van der Waals surface area contributed by atoms with Crippen LogP contribution in [0.5, 0.6) is 0 Å². The Morgan fingerprint density at radius 3 is 1.90 bits per heavy atom. The maximum atomic E-state index is 9.34. The van der Waals surface area contributed by atoms with Crippen molar-refractivity contribution in [1.29, 1.82) is 10.5 Å². The van der Waals surface area contributed by atoms with Gasteiger partial charge < -0.3 is 4.57 Å². The van der Waals surface area contributed by atoms with E-state index in [2.05, 4.69) is 104 Å². The van der Waals surface area contributed by atoms with E-state index in [1.165, 1.54) is 35.9 Å². The third-order valence-corrected chi connectivity index (χ3v) is 7.43. The molecule has 0 N–H and O–H groups in total. The molecular weight excluding hydrogens is 518 g/mol. The molecule has 0 amide bonds. The van der Waals surface area contributed by atoms with E-state index in [0.717, 1.165) is 44.2 Å². The maximum absolute atomic E-state index is 9.34. The van der Waals surface area contributed by atoms with Crippen LogP contribution in [0.25, 0.3) is 61.4 Å². The van der Waals surface area contributed by atoms with Crippen molar-refractivity contribution in [2.24, 2.45) is 0 Å². The van der Waals surface area contributed by atoms with Crippen LogP contribution < -0.4 is 0 Å². The van der Waals surface area contributed by atoms with Gasteiger partial charge in [0.15, 0.2) is 11.6 Å². The zero-order chi connectivity index (χ0) is 28.6. The molecule has 196 valence electrons. The first-order valence-corrected chi connectivity index (χ1v) is 13.3. The van der Waals surface area contributed by atoms with Crippen molar-refractivity contribution in [3.05, 3.63) is 126 Å². The Balaban J connectivity index is 1.52. The Kier molecular flexibility index (Phi) is 5.97. The van der Waals surface area contributed by atoms with E-state index in [9.17, 15) is 10.5 Å². The fourth-order valence-corrected chi connectivity index (χ4v) is 5.40. The van der Waals surface area contributed by atoms with Gasteiger partial charge in [0.25, 0.3) is 0 Å². The highest BCUT2D eigenvalue weighted by Crippen LogP contribution is 2.38. The first kappa shape index (κ1) is 24.8. The Labute approximate surface area is 241 Å². The highest BCUT2D eigenvalue weighted by Gasteiger charge is 2.19. The molecule has 3 heterocycles. The first-order chi connectivity index (χ1) is 20.6. The van der Waals surface area contributed by atoms with Gasteiger partial charge in [-0.2, -0.15) is 10.5 Å². The maximum Gasteiger partial charge on any atom is 0.161 e. The molecule has 0 aliphatic rings. The highest BCUT2D eigenvalue weighted by atomic mass is 15.0. The third kappa shape index (κ3) is 4.14. The minimum Gasteiger partial charge on any atom is -0.308 e. The molecule has 7 nitrogen and oxygen atoms in total. The van der Waals surface area contributed by atoms with Gasteiger partial charge in [-0.25, -0.2) is 19.9 Å². The van der Waals surface area contributed by atoms with Crippen molar-refractivity contribution in [2.75, 3.05) is 0 Å². The molecule has 0 bridgehead atoms. The van der Waals surface area contributed by atoms with Crippen molar-refractivity contribution in [2.45, 2.75) is 6.92 Å². The third-order valence-electron chi connectivity index (χ3n) is 7.43. The fraction of sp³-hybridized carbons (Fsp3) is 0.0286. The number of nitriles is 2. The standard InChI is InChI=1S/C35H21N7/c1-22-6-2-3-7-27(22)25-10-12-29-28-8-4-5-9-31(28)42(33(29)15-25)32-13-11-26(34-38-18-23(16-36)19-39-34)14-30(32)35-40-20-24(17-37)21-41-35/h2-15,18-21H,1H3. The summed E-state index contributed by atoms with van der Waals surface area (Å²) >= 11 is 0. The number of hydrogen-bond donors (Lipinski definition) is 0. The lowest BCUT2D eigenvalue weighted by Crippen LogP contribution is -2.01. The lowest BCUT2D eigenvalue weighted by Gasteiger charge is -2.15. The van der Waals surface area contributed by atoms with E-state index in [1.807, 2.05) is 24.3 Å². The number of hydrogen-bond acceptors (Lipinski definition) is 6. The number of benzene rings is 4. The number of rotatable bonds is 4. The number of aryl methyl sites for hydroxylation is 1. The summed E-state index contributed by atoms with van der Waals surface area (Å²) in [6.07, 6.45) is 6.07. The van der Waals surface area contributed by atoms with E-state index in [4.69, 9.17) is 0 Å². The average Bonchev–Trinajstić information content (AvgIpc) is 3.38. The number of aromatic nitrogens is 5. The molecule has 7 heteroatoms. The first-order valence-electron chi connectivity index (χ1n) is 13.3. The van der Waals surface area contributed by atoms with Gasteiger partial charge in [-0.1, -0.05) is 54.6 Å². The van der Waals surface area contributed by atoms with Crippen LogP contribution in [0.3, 0.4) is 0 Å². The SMILES string of the molecule is Cc1ccccc1-c1ccc2c3ccccc3n(-c3ccc(-c4ncc(C#N)cn4)cc3-c3ncc(C#N)cn3)c2c1. The molecule has 0 fully saturated rings. The predicted molar refractivity (Wildman–Crippen MR) is 162 cm³/mol. The summed E-state index contributed by atoms with van der Waals surface area (Å²) in [7, 11) is 0. The summed E-state index contributed by atoms with van der Waals surface area (Å²) in [5, 5.41) is 20.8. The van der Waals surface area contributed by atoms with Crippen LogP contribution in [-0.2, 0) is 0 Å². The minimum atomic E-state index is 0.381. The molecular formula is C35H21N7. The second-order valence-corrected chi connectivity index (χ2v) is 9.95. The Bertz CT molecular complexity index is 2220. The molecule has 0 aliphatic carbocycles. The molecule has 0 saturated heterocycles. The van der Waals surface area contributed by atoms with Crippen LogP contribution >= 0.6 is 0 Å². The summed E-state index contributed by atoms with van der Waals surface area (Å²) in [5.41, 5.74) is 8.78. The van der Waals surface area contributed by atoms with E-state index in [0.29, 0.717) is 22.8 Å². The van der Waals surface area contributed by atoms with Crippen molar-refractivity contribution in [1.82, 2.24) is 24.5 Å². The molecule has 42 heavy (non-hydrogen) atoms. The Morgan fingerprint density at radius 2 is 1.19 bits per heavy atom. The van der Waals surface area contributed by atoms with Gasteiger partial charge >= 0.3 is 0 Å².